The van der Waals surface area contributed by atoms with Crippen LogP contribution in [-0.4, -0.2) is 15.0 Å². The average Bonchev–Trinajstić information content (AvgIpc) is 3.65. The van der Waals surface area contributed by atoms with Gasteiger partial charge in [0.1, 0.15) is 0 Å². The molecular weight excluding hydrogens is 569 g/mol. The van der Waals surface area contributed by atoms with E-state index in [9.17, 15) is 0 Å². The van der Waals surface area contributed by atoms with Gasteiger partial charge in [0.2, 0.25) is 0 Å². The van der Waals surface area contributed by atoms with Crippen LogP contribution in [0.1, 0.15) is 34.8 Å². The number of rotatable bonds is 4. The number of benzene rings is 5. The second-order valence-electron chi connectivity index (χ2n) is 11.7. The van der Waals surface area contributed by atoms with Crippen molar-refractivity contribution in [1.29, 1.82) is 0 Å². The smallest absolute Gasteiger partial charge is 0.164 e. The number of aromatic nitrogens is 3. The van der Waals surface area contributed by atoms with E-state index in [2.05, 4.69) is 90.7 Å². The summed E-state index contributed by atoms with van der Waals surface area (Å²) < 4.78 is 1.36. The summed E-state index contributed by atoms with van der Waals surface area (Å²) in [7, 11) is 0. The van der Waals surface area contributed by atoms with Crippen LogP contribution in [-0.2, 0) is 0 Å². The van der Waals surface area contributed by atoms with Crippen LogP contribution >= 0.6 is 11.3 Å². The Labute approximate surface area is 266 Å². The maximum atomic E-state index is 4.94. The summed E-state index contributed by atoms with van der Waals surface area (Å²) >= 11 is 1.94. The van der Waals surface area contributed by atoms with Gasteiger partial charge in [-0.15, -0.1) is 11.3 Å². The molecule has 2 atom stereocenters. The number of thiophene rings is 1. The van der Waals surface area contributed by atoms with Crippen LogP contribution in [0.5, 0.6) is 0 Å². The molecule has 1 aliphatic heterocycles. The van der Waals surface area contributed by atoms with Crippen molar-refractivity contribution in [1.82, 2.24) is 15.0 Å². The summed E-state index contributed by atoms with van der Waals surface area (Å²) in [5.74, 6) is 2.70. The van der Waals surface area contributed by atoms with Gasteiger partial charge in [-0.25, -0.2) is 15.0 Å². The first-order valence-electron chi connectivity index (χ1n) is 15.3. The Balaban J connectivity index is 1.16. The fraction of sp³-hybridized carbons (Fsp3) is 0.0750. The first kappa shape index (κ1) is 26.1. The van der Waals surface area contributed by atoms with Crippen LogP contribution in [0.3, 0.4) is 0 Å². The largest absolute Gasteiger partial charge is 0.313 e. The number of hydrogen-bond acceptors (Lipinski definition) is 5. The molecule has 1 aliphatic carbocycles. The molecule has 3 heterocycles. The molecule has 45 heavy (non-hydrogen) atoms. The highest BCUT2D eigenvalue weighted by Crippen LogP contribution is 2.58. The van der Waals surface area contributed by atoms with Gasteiger partial charge in [-0.1, -0.05) is 104 Å². The second-order valence-corrected chi connectivity index (χ2v) is 12.8. The van der Waals surface area contributed by atoms with Gasteiger partial charge in [-0.05, 0) is 53.6 Å². The van der Waals surface area contributed by atoms with Crippen molar-refractivity contribution in [3.8, 4) is 34.2 Å². The number of hydrogen-bond donors (Lipinski definition) is 0. The highest BCUT2D eigenvalue weighted by Gasteiger charge is 2.42. The van der Waals surface area contributed by atoms with Crippen LogP contribution in [0.4, 0.5) is 11.4 Å². The molecule has 2 aromatic heterocycles. The molecule has 214 valence electrons. The van der Waals surface area contributed by atoms with Crippen LogP contribution < -0.4 is 4.90 Å². The lowest BCUT2D eigenvalue weighted by molar-refractivity contribution is 0.665. The zero-order valence-corrected chi connectivity index (χ0v) is 25.4. The minimum absolute atomic E-state index is 0.312. The molecule has 2 aliphatic rings. The Morgan fingerprint density at radius 3 is 1.80 bits per heavy atom. The molecule has 4 nitrogen and oxygen atoms in total. The van der Waals surface area contributed by atoms with Crippen LogP contribution in [0.15, 0.2) is 139 Å². The molecule has 0 radical (unpaired) electrons. The van der Waals surface area contributed by atoms with Crippen LogP contribution in [0, 0.1) is 0 Å². The summed E-state index contributed by atoms with van der Waals surface area (Å²) in [4.78, 5) is 18.7. The minimum atomic E-state index is 0.312. The molecule has 0 N–H and O–H groups in total. The van der Waals surface area contributed by atoms with Gasteiger partial charge in [-0.2, -0.15) is 0 Å². The van der Waals surface area contributed by atoms with E-state index in [0.717, 1.165) is 22.4 Å². The number of anilines is 2. The monoisotopic (exact) mass is 596 g/mol. The Morgan fingerprint density at radius 2 is 1.13 bits per heavy atom. The Bertz CT molecular complexity index is 2180. The molecule has 2 unspecified atom stereocenters. The fourth-order valence-electron chi connectivity index (χ4n) is 6.93. The molecule has 0 fully saturated rings. The molecule has 0 amide bonds. The fourth-order valence-corrected chi connectivity index (χ4v) is 8.20. The maximum absolute atomic E-state index is 4.94. The van der Waals surface area contributed by atoms with E-state index in [1.807, 2.05) is 72.0 Å². The number of fused-ring (bicyclic) bond motifs is 6. The summed E-state index contributed by atoms with van der Waals surface area (Å²) in [6.45, 7) is 2.39. The third-order valence-corrected chi connectivity index (χ3v) is 10.4. The zero-order valence-electron chi connectivity index (χ0n) is 24.6. The Morgan fingerprint density at radius 1 is 0.578 bits per heavy atom. The van der Waals surface area contributed by atoms with Crippen molar-refractivity contribution in [2.24, 2.45) is 0 Å². The number of para-hydroxylation sites is 1. The van der Waals surface area contributed by atoms with E-state index < -0.39 is 0 Å². The standard InChI is InChI=1S/C40H28N4S/c1-25-36-31-17-8-10-18-33(31)44(34(36)24-32-30-16-9-11-19-35(30)45-37(25)32)29-22-20-28(21-23-29)40-42-38(26-12-4-2-5-13-26)41-39(43-40)27-14-6-3-7-15-27/h2-25,36H,1H3. The lowest BCUT2D eigenvalue weighted by Gasteiger charge is -2.30. The predicted octanol–water partition coefficient (Wildman–Crippen LogP) is 10.5. The highest BCUT2D eigenvalue weighted by atomic mass is 32.1. The van der Waals surface area contributed by atoms with Gasteiger partial charge in [0.25, 0.3) is 0 Å². The molecule has 0 bridgehead atoms. The molecule has 7 aromatic rings. The van der Waals surface area contributed by atoms with Crippen molar-refractivity contribution in [2.75, 3.05) is 4.90 Å². The average molecular weight is 597 g/mol. The molecule has 9 rings (SSSR count). The Hall–Kier alpha value is -5.39. The van der Waals surface area contributed by atoms with Gasteiger partial charge < -0.3 is 4.90 Å². The van der Waals surface area contributed by atoms with Crippen LogP contribution in [0.2, 0.25) is 0 Å². The van der Waals surface area contributed by atoms with E-state index in [1.165, 1.54) is 37.5 Å². The van der Waals surface area contributed by atoms with Crippen molar-refractivity contribution >= 4 is 38.9 Å². The van der Waals surface area contributed by atoms with E-state index in [-0.39, 0.29) is 0 Å². The van der Waals surface area contributed by atoms with Gasteiger partial charge >= 0.3 is 0 Å². The predicted molar refractivity (Wildman–Crippen MR) is 186 cm³/mol. The highest BCUT2D eigenvalue weighted by molar-refractivity contribution is 7.19. The summed E-state index contributed by atoms with van der Waals surface area (Å²) in [6, 6.07) is 46.6. The summed E-state index contributed by atoms with van der Waals surface area (Å²) in [5, 5.41) is 1.35. The lowest BCUT2D eigenvalue weighted by Crippen LogP contribution is -2.19. The van der Waals surface area contributed by atoms with Gasteiger partial charge in [-0.3, -0.25) is 0 Å². The van der Waals surface area contributed by atoms with E-state index >= 15 is 0 Å². The van der Waals surface area contributed by atoms with Crippen molar-refractivity contribution in [3.63, 3.8) is 0 Å². The normalized spacial score (nSPS) is 16.6. The van der Waals surface area contributed by atoms with E-state index in [4.69, 9.17) is 15.0 Å². The lowest BCUT2D eigenvalue weighted by atomic mass is 9.80. The molecule has 5 aromatic carbocycles. The van der Waals surface area contributed by atoms with Gasteiger partial charge in [0, 0.05) is 60.6 Å². The topological polar surface area (TPSA) is 41.9 Å². The molecule has 0 saturated carbocycles. The van der Waals surface area contributed by atoms with E-state index in [1.54, 1.807) is 0 Å². The van der Waals surface area contributed by atoms with Gasteiger partial charge in [0.15, 0.2) is 17.5 Å². The molecular formula is C40H28N4S. The van der Waals surface area contributed by atoms with Crippen molar-refractivity contribution in [2.45, 2.75) is 18.8 Å². The third-order valence-electron chi connectivity index (χ3n) is 9.04. The summed E-state index contributed by atoms with van der Waals surface area (Å²) in [6.07, 6.45) is 2.44. The number of allylic oxidation sites excluding steroid dienone is 1. The SMILES string of the molecule is CC1c2sc3ccccc3c2C=C2C1c1ccccc1N2c1ccc(-c2nc(-c3ccccc3)nc(-c3ccccc3)n2)cc1. The second kappa shape index (κ2) is 10.4. The van der Waals surface area contributed by atoms with Crippen LogP contribution in [0.25, 0.3) is 50.3 Å². The molecule has 0 saturated heterocycles. The summed E-state index contributed by atoms with van der Waals surface area (Å²) in [5.41, 5.74) is 9.38. The van der Waals surface area contributed by atoms with Crippen molar-refractivity contribution < 1.29 is 0 Å². The zero-order chi connectivity index (χ0) is 29.9. The molecule has 5 heteroatoms. The first-order valence-corrected chi connectivity index (χ1v) is 16.1. The van der Waals surface area contributed by atoms with Crippen molar-refractivity contribution in [3.05, 3.63) is 155 Å². The quantitative estimate of drug-likeness (QED) is 0.203. The number of nitrogens with zero attached hydrogens (tertiary/aromatic N) is 4. The van der Waals surface area contributed by atoms with E-state index in [0.29, 0.717) is 29.3 Å². The third kappa shape index (κ3) is 4.23. The maximum Gasteiger partial charge on any atom is 0.164 e. The minimum Gasteiger partial charge on any atom is -0.313 e. The van der Waals surface area contributed by atoms with Gasteiger partial charge in [0.05, 0.1) is 0 Å². The Kier molecular flexibility index (Phi) is 6.00. The first-order chi connectivity index (χ1) is 22.2. The molecule has 0 spiro atoms.